The summed E-state index contributed by atoms with van der Waals surface area (Å²) in [6.45, 7) is 2.96. The number of hydrogen-bond donors (Lipinski definition) is 2. The number of rotatable bonds is 7. The van der Waals surface area contributed by atoms with Crippen LogP contribution in [0.5, 0.6) is 0 Å². The Kier molecular flexibility index (Phi) is 6.28. The van der Waals surface area contributed by atoms with Gasteiger partial charge in [-0.2, -0.15) is 5.10 Å². The molecule has 1 aliphatic rings. The Bertz CT molecular complexity index is 1140. The van der Waals surface area contributed by atoms with Crippen molar-refractivity contribution < 1.29 is 17.5 Å². The van der Waals surface area contributed by atoms with Crippen molar-refractivity contribution in [3.63, 3.8) is 0 Å². The van der Waals surface area contributed by atoms with E-state index in [1.807, 2.05) is 6.07 Å². The highest BCUT2D eigenvalue weighted by molar-refractivity contribution is 7.91. The molecule has 2 N–H and O–H groups in total. The minimum atomic E-state index is -3.75. The first-order chi connectivity index (χ1) is 15.0. The second-order valence-electron chi connectivity index (χ2n) is 7.05. The van der Waals surface area contributed by atoms with Gasteiger partial charge in [0.25, 0.3) is 0 Å². The highest BCUT2D eigenvalue weighted by atomic mass is 32.2. The van der Waals surface area contributed by atoms with Gasteiger partial charge in [0.05, 0.1) is 30.9 Å². The van der Waals surface area contributed by atoms with Crippen molar-refractivity contribution in [3.8, 4) is 0 Å². The summed E-state index contributed by atoms with van der Waals surface area (Å²) in [4.78, 5) is 2.18. The number of nitrogens with one attached hydrogen (secondary N) is 2. The van der Waals surface area contributed by atoms with Crippen molar-refractivity contribution >= 4 is 32.9 Å². The van der Waals surface area contributed by atoms with Gasteiger partial charge in [0.2, 0.25) is 10.0 Å². The van der Waals surface area contributed by atoms with Crippen LogP contribution in [0.3, 0.4) is 0 Å². The number of nitrogens with zero attached hydrogens (tertiary/aromatic N) is 3. The van der Waals surface area contributed by atoms with E-state index in [1.54, 1.807) is 36.5 Å². The van der Waals surface area contributed by atoms with Gasteiger partial charge in [0.15, 0.2) is 5.82 Å². The monoisotopic (exact) mass is 443 g/mol. The molecule has 0 radical (unpaired) electrons. The number of anilines is 4. The molecule has 0 spiro atoms. The molecule has 3 aromatic rings. The van der Waals surface area contributed by atoms with Gasteiger partial charge < -0.3 is 15.0 Å². The third kappa shape index (κ3) is 5.68. The summed E-state index contributed by atoms with van der Waals surface area (Å²) >= 11 is 0. The first-order valence-electron chi connectivity index (χ1n) is 9.75. The lowest BCUT2D eigenvalue weighted by Crippen LogP contribution is -2.36. The van der Waals surface area contributed by atoms with Gasteiger partial charge in [-0.05, 0) is 30.3 Å². The number of morpholine rings is 1. The Morgan fingerprint density at radius 1 is 1.03 bits per heavy atom. The molecule has 10 heteroatoms. The molecule has 0 atom stereocenters. The van der Waals surface area contributed by atoms with Crippen molar-refractivity contribution in [3.05, 3.63) is 72.2 Å². The van der Waals surface area contributed by atoms with Crippen molar-refractivity contribution in [1.82, 2.24) is 10.2 Å². The molecule has 1 fully saturated rings. The molecule has 8 nitrogen and oxygen atoms in total. The normalized spacial score (nSPS) is 14.3. The van der Waals surface area contributed by atoms with Crippen LogP contribution < -0.4 is 14.9 Å². The molecule has 0 amide bonds. The van der Waals surface area contributed by atoms with E-state index in [-0.39, 0.29) is 5.56 Å². The first kappa shape index (κ1) is 21.0. The van der Waals surface area contributed by atoms with Crippen molar-refractivity contribution in [1.29, 1.82) is 0 Å². The van der Waals surface area contributed by atoms with Crippen LogP contribution in [0.25, 0.3) is 0 Å². The molecule has 0 saturated carbocycles. The lowest BCUT2D eigenvalue weighted by atomic mass is 10.2. The van der Waals surface area contributed by atoms with Gasteiger partial charge in [-0.3, -0.25) is 4.72 Å². The highest BCUT2D eigenvalue weighted by Crippen LogP contribution is 2.22. The summed E-state index contributed by atoms with van der Waals surface area (Å²) in [5, 5.41) is 11.3. The Hall–Kier alpha value is -3.24. The SMILES string of the molecule is O=S(=O)(Cc1ccccc1F)Nc1ccc(Nc2cc(N3CCOCC3)cnn2)cc1. The summed E-state index contributed by atoms with van der Waals surface area (Å²) in [7, 11) is -3.75. The summed E-state index contributed by atoms with van der Waals surface area (Å²) in [5.41, 5.74) is 2.19. The quantitative estimate of drug-likeness (QED) is 0.579. The number of aromatic nitrogens is 2. The van der Waals surface area contributed by atoms with Gasteiger partial charge in [-0.15, -0.1) is 5.10 Å². The summed E-state index contributed by atoms with van der Waals surface area (Å²) in [6, 6.07) is 14.4. The molecule has 2 heterocycles. The summed E-state index contributed by atoms with van der Waals surface area (Å²) < 4.78 is 46.3. The van der Waals surface area contributed by atoms with E-state index in [1.165, 1.54) is 18.2 Å². The van der Waals surface area contributed by atoms with Crippen LogP contribution >= 0.6 is 0 Å². The van der Waals surface area contributed by atoms with E-state index in [4.69, 9.17) is 4.74 Å². The fraction of sp³-hybridized carbons (Fsp3) is 0.238. The predicted molar refractivity (Wildman–Crippen MR) is 117 cm³/mol. The van der Waals surface area contributed by atoms with E-state index in [0.717, 1.165) is 24.5 Å². The molecule has 2 aromatic carbocycles. The average molecular weight is 444 g/mol. The van der Waals surface area contributed by atoms with Crippen LogP contribution in [0.1, 0.15) is 5.56 Å². The van der Waals surface area contributed by atoms with E-state index < -0.39 is 21.6 Å². The number of hydrogen-bond acceptors (Lipinski definition) is 7. The van der Waals surface area contributed by atoms with Gasteiger partial charge in [-0.25, -0.2) is 12.8 Å². The number of benzene rings is 2. The maximum absolute atomic E-state index is 13.7. The predicted octanol–water partition coefficient (Wildman–Crippen LogP) is 3.14. The second-order valence-corrected chi connectivity index (χ2v) is 8.78. The topological polar surface area (TPSA) is 96.5 Å². The van der Waals surface area contributed by atoms with Crippen LogP contribution in [-0.4, -0.2) is 44.9 Å². The van der Waals surface area contributed by atoms with E-state index >= 15 is 0 Å². The molecule has 4 rings (SSSR count). The maximum Gasteiger partial charge on any atom is 0.237 e. The molecule has 162 valence electrons. The molecule has 1 saturated heterocycles. The summed E-state index contributed by atoms with van der Waals surface area (Å²) in [6.07, 6.45) is 1.71. The minimum Gasteiger partial charge on any atom is -0.378 e. The van der Waals surface area contributed by atoms with E-state index in [2.05, 4.69) is 25.1 Å². The summed E-state index contributed by atoms with van der Waals surface area (Å²) in [5.74, 6) is -0.409. The fourth-order valence-electron chi connectivity index (χ4n) is 3.22. The average Bonchev–Trinajstić information content (AvgIpc) is 2.77. The zero-order valence-corrected chi connectivity index (χ0v) is 17.5. The third-order valence-electron chi connectivity index (χ3n) is 4.75. The van der Waals surface area contributed by atoms with Gasteiger partial charge >= 0.3 is 0 Å². The molecular weight excluding hydrogens is 421 g/mol. The molecule has 31 heavy (non-hydrogen) atoms. The zero-order valence-electron chi connectivity index (χ0n) is 16.7. The fourth-order valence-corrected chi connectivity index (χ4v) is 4.43. The van der Waals surface area contributed by atoms with Crippen LogP contribution in [-0.2, 0) is 20.5 Å². The van der Waals surface area contributed by atoms with Gasteiger partial charge in [0, 0.05) is 36.1 Å². The molecule has 0 bridgehead atoms. The van der Waals surface area contributed by atoms with E-state index in [9.17, 15) is 12.8 Å². The van der Waals surface area contributed by atoms with Crippen molar-refractivity contribution in [2.75, 3.05) is 41.2 Å². The van der Waals surface area contributed by atoms with Crippen molar-refractivity contribution in [2.45, 2.75) is 5.75 Å². The number of halogens is 1. The van der Waals surface area contributed by atoms with Crippen LogP contribution in [0.2, 0.25) is 0 Å². The molecule has 0 aliphatic carbocycles. The largest absolute Gasteiger partial charge is 0.378 e. The highest BCUT2D eigenvalue weighted by Gasteiger charge is 2.15. The van der Waals surface area contributed by atoms with E-state index in [0.29, 0.717) is 24.7 Å². The van der Waals surface area contributed by atoms with Gasteiger partial charge in [-0.1, -0.05) is 18.2 Å². The molecular formula is C21H22FN5O3S. The zero-order chi connectivity index (χ0) is 21.7. The molecule has 1 aromatic heterocycles. The number of ether oxygens (including phenoxy) is 1. The Morgan fingerprint density at radius 3 is 2.48 bits per heavy atom. The maximum atomic E-state index is 13.7. The smallest absolute Gasteiger partial charge is 0.237 e. The lowest BCUT2D eigenvalue weighted by Gasteiger charge is -2.28. The second kappa shape index (κ2) is 9.27. The minimum absolute atomic E-state index is 0.118. The van der Waals surface area contributed by atoms with Crippen LogP contribution in [0, 0.1) is 5.82 Å². The third-order valence-corrected chi connectivity index (χ3v) is 5.99. The number of sulfonamides is 1. The molecule has 0 unspecified atom stereocenters. The standard InChI is InChI=1S/C21H22FN5O3S/c22-20-4-2-1-3-16(20)15-31(28,29)26-18-7-5-17(6-8-18)24-21-13-19(14-23-25-21)27-9-11-30-12-10-27/h1-8,13-14,26H,9-12,15H2,(H,24,25). The van der Waals surface area contributed by atoms with Crippen LogP contribution in [0.15, 0.2) is 60.8 Å². The molecule has 1 aliphatic heterocycles. The van der Waals surface area contributed by atoms with Crippen molar-refractivity contribution in [2.24, 2.45) is 0 Å². The van der Waals surface area contributed by atoms with Gasteiger partial charge in [0.1, 0.15) is 5.82 Å². The Balaban J connectivity index is 1.40. The lowest BCUT2D eigenvalue weighted by molar-refractivity contribution is 0.122. The Labute approximate surface area is 180 Å². The Morgan fingerprint density at radius 2 is 1.74 bits per heavy atom. The first-order valence-corrected chi connectivity index (χ1v) is 11.4. The van der Waals surface area contributed by atoms with Crippen LogP contribution in [0.4, 0.5) is 27.3 Å².